The number of rotatable bonds is 4. The average molecular weight is 309 g/mol. The summed E-state index contributed by atoms with van der Waals surface area (Å²) < 4.78 is 0. The molecular formula is C18H29ClN2. The van der Waals surface area contributed by atoms with E-state index in [1.165, 1.54) is 17.7 Å². The Morgan fingerprint density at radius 1 is 1.33 bits per heavy atom. The Morgan fingerprint density at radius 3 is 2.62 bits per heavy atom. The van der Waals surface area contributed by atoms with Gasteiger partial charge in [-0.2, -0.15) is 0 Å². The molecule has 1 atom stereocenters. The van der Waals surface area contributed by atoms with Crippen LogP contribution in [0.4, 0.5) is 5.69 Å². The zero-order valence-corrected chi connectivity index (χ0v) is 14.8. The van der Waals surface area contributed by atoms with E-state index in [-0.39, 0.29) is 5.54 Å². The standard InChI is InChI=1S/C18H29ClN2/c1-13(2)15-8-9-21(12-15)17-10-16(19)7-6-14(17)11-20-18(3,4)5/h6-7,10,13,15,20H,8-9,11-12H2,1-5H3. The van der Waals surface area contributed by atoms with E-state index in [1.807, 2.05) is 6.07 Å². The number of nitrogens with zero attached hydrogens (tertiary/aromatic N) is 1. The molecule has 1 aromatic carbocycles. The lowest BCUT2D eigenvalue weighted by Gasteiger charge is -2.26. The molecule has 1 N–H and O–H groups in total. The minimum atomic E-state index is 0.127. The third kappa shape index (κ3) is 4.62. The molecule has 21 heavy (non-hydrogen) atoms. The summed E-state index contributed by atoms with van der Waals surface area (Å²) in [6, 6.07) is 6.30. The van der Waals surface area contributed by atoms with Crippen molar-refractivity contribution in [2.75, 3.05) is 18.0 Å². The summed E-state index contributed by atoms with van der Waals surface area (Å²) in [6.07, 6.45) is 1.29. The number of hydrogen-bond donors (Lipinski definition) is 1. The zero-order chi connectivity index (χ0) is 15.6. The fourth-order valence-electron chi connectivity index (χ4n) is 2.89. The molecule has 0 bridgehead atoms. The molecule has 3 heteroatoms. The van der Waals surface area contributed by atoms with E-state index in [2.05, 4.69) is 57.0 Å². The molecule has 0 radical (unpaired) electrons. The number of benzene rings is 1. The fraction of sp³-hybridized carbons (Fsp3) is 0.667. The van der Waals surface area contributed by atoms with Gasteiger partial charge in [-0.15, -0.1) is 0 Å². The molecule has 2 rings (SSSR count). The summed E-state index contributed by atoms with van der Waals surface area (Å²) in [6.45, 7) is 14.4. The highest BCUT2D eigenvalue weighted by atomic mass is 35.5. The highest BCUT2D eigenvalue weighted by molar-refractivity contribution is 6.30. The van der Waals surface area contributed by atoms with Gasteiger partial charge in [0.2, 0.25) is 0 Å². The van der Waals surface area contributed by atoms with E-state index in [1.54, 1.807) is 0 Å². The second kappa shape index (κ2) is 6.58. The largest absolute Gasteiger partial charge is 0.371 e. The Hall–Kier alpha value is -0.730. The Kier molecular flexibility index (Phi) is 5.21. The second-order valence-electron chi connectivity index (χ2n) is 7.62. The molecule has 1 aliphatic rings. The number of anilines is 1. The van der Waals surface area contributed by atoms with Gasteiger partial charge in [0.25, 0.3) is 0 Å². The minimum absolute atomic E-state index is 0.127. The SMILES string of the molecule is CC(C)C1CCN(c2cc(Cl)ccc2CNC(C)(C)C)C1. The van der Waals surface area contributed by atoms with Crippen LogP contribution in [-0.2, 0) is 6.54 Å². The first-order valence-electron chi connectivity index (χ1n) is 8.04. The summed E-state index contributed by atoms with van der Waals surface area (Å²) >= 11 is 6.24. The normalized spacial score (nSPS) is 19.6. The van der Waals surface area contributed by atoms with Crippen LogP contribution in [0.2, 0.25) is 5.02 Å². The minimum Gasteiger partial charge on any atom is -0.371 e. The quantitative estimate of drug-likeness (QED) is 0.866. The van der Waals surface area contributed by atoms with Gasteiger partial charge in [0.1, 0.15) is 0 Å². The van der Waals surface area contributed by atoms with Gasteiger partial charge < -0.3 is 10.2 Å². The molecule has 1 saturated heterocycles. The van der Waals surface area contributed by atoms with E-state index in [0.29, 0.717) is 0 Å². The van der Waals surface area contributed by atoms with Crippen molar-refractivity contribution in [3.05, 3.63) is 28.8 Å². The molecule has 0 spiro atoms. The van der Waals surface area contributed by atoms with Crippen molar-refractivity contribution in [1.82, 2.24) is 5.32 Å². The zero-order valence-electron chi connectivity index (χ0n) is 14.0. The van der Waals surface area contributed by atoms with E-state index in [9.17, 15) is 0 Å². The third-order valence-electron chi connectivity index (χ3n) is 4.36. The lowest BCUT2D eigenvalue weighted by Crippen LogP contribution is -2.35. The first kappa shape index (κ1) is 16.6. The number of nitrogens with one attached hydrogen (secondary N) is 1. The monoisotopic (exact) mass is 308 g/mol. The van der Waals surface area contributed by atoms with Gasteiger partial charge in [-0.05, 0) is 56.7 Å². The lowest BCUT2D eigenvalue weighted by atomic mass is 9.95. The topological polar surface area (TPSA) is 15.3 Å². The van der Waals surface area contributed by atoms with Gasteiger partial charge in [0, 0.05) is 35.9 Å². The smallest absolute Gasteiger partial charge is 0.0426 e. The van der Waals surface area contributed by atoms with E-state index < -0.39 is 0 Å². The molecule has 0 amide bonds. The average Bonchev–Trinajstić information content (AvgIpc) is 2.85. The van der Waals surface area contributed by atoms with Crippen molar-refractivity contribution in [2.45, 2.75) is 53.1 Å². The molecule has 2 nitrogen and oxygen atoms in total. The van der Waals surface area contributed by atoms with Crippen molar-refractivity contribution in [3.63, 3.8) is 0 Å². The first-order valence-corrected chi connectivity index (χ1v) is 8.42. The maximum absolute atomic E-state index is 6.24. The maximum atomic E-state index is 6.24. The molecule has 1 heterocycles. The van der Waals surface area contributed by atoms with Gasteiger partial charge in [-0.25, -0.2) is 0 Å². The molecule has 1 aromatic rings. The van der Waals surface area contributed by atoms with Crippen LogP contribution in [0.15, 0.2) is 18.2 Å². The van der Waals surface area contributed by atoms with E-state index >= 15 is 0 Å². The van der Waals surface area contributed by atoms with Crippen LogP contribution in [0.25, 0.3) is 0 Å². The van der Waals surface area contributed by atoms with Crippen LogP contribution in [0.3, 0.4) is 0 Å². The Labute approximate surface area is 134 Å². The van der Waals surface area contributed by atoms with Gasteiger partial charge in [0.05, 0.1) is 0 Å². The predicted octanol–water partition coefficient (Wildman–Crippen LogP) is 4.71. The van der Waals surface area contributed by atoms with E-state index in [4.69, 9.17) is 11.6 Å². The number of halogens is 1. The summed E-state index contributed by atoms with van der Waals surface area (Å²) in [5.41, 5.74) is 2.78. The Balaban J connectivity index is 2.16. The van der Waals surface area contributed by atoms with Crippen LogP contribution < -0.4 is 10.2 Å². The predicted molar refractivity (Wildman–Crippen MR) is 93.2 cm³/mol. The third-order valence-corrected chi connectivity index (χ3v) is 4.60. The van der Waals surface area contributed by atoms with Gasteiger partial charge in [-0.3, -0.25) is 0 Å². The molecule has 1 aliphatic heterocycles. The number of hydrogen-bond acceptors (Lipinski definition) is 2. The molecule has 1 fully saturated rings. The van der Waals surface area contributed by atoms with Crippen LogP contribution >= 0.6 is 11.6 Å². The fourth-order valence-corrected chi connectivity index (χ4v) is 3.06. The van der Waals surface area contributed by atoms with Gasteiger partial charge in [0.15, 0.2) is 0 Å². The molecule has 0 aromatic heterocycles. The van der Waals surface area contributed by atoms with Crippen LogP contribution in [0.5, 0.6) is 0 Å². The summed E-state index contributed by atoms with van der Waals surface area (Å²) in [5, 5.41) is 4.42. The van der Waals surface area contributed by atoms with Crippen molar-refractivity contribution < 1.29 is 0 Å². The molecule has 0 aliphatic carbocycles. The van der Waals surface area contributed by atoms with Gasteiger partial charge in [-0.1, -0.05) is 31.5 Å². The Morgan fingerprint density at radius 2 is 2.05 bits per heavy atom. The highest BCUT2D eigenvalue weighted by Gasteiger charge is 2.26. The molecule has 1 unspecified atom stereocenters. The lowest BCUT2D eigenvalue weighted by molar-refractivity contribution is 0.421. The Bertz CT molecular complexity index is 477. The maximum Gasteiger partial charge on any atom is 0.0426 e. The first-order chi connectivity index (χ1) is 9.76. The highest BCUT2D eigenvalue weighted by Crippen LogP contribution is 2.32. The molecule has 0 saturated carbocycles. The molecular weight excluding hydrogens is 280 g/mol. The van der Waals surface area contributed by atoms with Crippen molar-refractivity contribution in [3.8, 4) is 0 Å². The van der Waals surface area contributed by atoms with Crippen molar-refractivity contribution in [1.29, 1.82) is 0 Å². The van der Waals surface area contributed by atoms with Crippen LogP contribution in [0, 0.1) is 11.8 Å². The summed E-state index contributed by atoms with van der Waals surface area (Å²) in [5.74, 6) is 1.55. The van der Waals surface area contributed by atoms with E-state index in [0.717, 1.165) is 36.5 Å². The van der Waals surface area contributed by atoms with Crippen LogP contribution in [-0.4, -0.2) is 18.6 Å². The van der Waals surface area contributed by atoms with Crippen LogP contribution in [0.1, 0.15) is 46.6 Å². The second-order valence-corrected chi connectivity index (χ2v) is 8.05. The van der Waals surface area contributed by atoms with Gasteiger partial charge >= 0.3 is 0 Å². The summed E-state index contributed by atoms with van der Waals surface area (Å²) in [4.78, 5) is 2.51. The van der Waals surface area contributed by atoms with Crippen molar-refractivity contribution >= 4 is 17.3 Å². The summed E-state index contributed by atoms with van der Waals surface area (Å²) in [7, 11) is 0. The van der Waals surface area contributed by atoms with Crippen molar-refractivity contribution in [2.24, 2.45) is 11.8 Å². The molecule has 118 valence electrons.